The van der Waals surface area contributed by atoms with Gasteiger partial charge in [-0.3, -0.25) is 4.79 Å². The molecule has 1 atom stereocenters. The Hall–Kier alpha value is -2.19. The van der Waals surface area contributed by atoms with Crippen molar-refractivity contribution in [3.63, 3.8) is 0 Å². The van der Waals surface area contributed by atoms with Crippen molar-refractivity contribution in [1.29, 1.82) is 0 Å². The van der Waals surface area contributed by atoms with E-state index in [4.69, 9.17) is 5.73 Å². The Bertz CT molecular complexity index is 797. The summed E-state index contributed by atoms with van der Waals surface area (Å²) in [5.74, 6) is -1.11. The maximum atomic E-state index is 12.9. The van der Waals surface area contributed by atoms with E-state index in [1.54, 1.807) is 6.92 Å². The number of nitrogens with zero attached hydrogens (tertiary/aromatic N) is 1. The quantitative estimate of drug-likeness (QED) is 0.867. The Morgan fingerprint density at radius 1 is 1.32 bits per heavy atom. The van der Waals surface area contributed by atoms with E-state index in [1.165, 1.54) is 48.1 Å². The van der Waals surface area contributed by atoms with Crippen LogP contribution in [0.1, 0.15) is 29.0 Å². The number of hydrogen-bond acceptors (Lipinski definition) is 3. The van der Waals surface area contributed by atoms with Gasteiger partial charge in [0.2, 0.25) is 10.0 Å². The number of carbonyl (C=O) groups is 1. The summed E-state index contributed by atoms with van der Waals surface area (Å²) in [7, 11) is -2.30. The predicted octanol–water partition coefficient (Wildman–Crippen LogP) is 1.30. The number of aromatic nitrogens is 1. The Morgan fingerprint density at radius 3 is 2.41 bits per heavy atom. The van der Waals surface area contributed by atoms with Crippen LogP contribution in [-0.4, -0.2) is 18.9 Å². The summed E-state index contributed by atoms with van der Waals surface area (Å²) >= 11 is 0. The first-order valence-electron chi connectivity index (χ1n) is 6.44. The van der Waals surface area contributed by atoms with Gasteiger partial charge in [0.25, 0.3) is 5.91 Å². The smallest absolute Gasteiger partial charge is 0.265 e. The maximum absolute atomic E-state index is 12.9. The molecule has 1 aromatic heterocycles. The Morgan fingerprint density at radius 2 is 1.91 bits per heavy atom. The van der Waals surface area contributed by atoms with Gasteiger partial charge in [-0.15, -0.1) is 0 Å². The maximum Gasteiger partial charge on any atom is 0.265 e. The Balaban J connectivity index is 2.25. The van der Waals surface area contributed by atoms with Crippen LogP contribution in [0.3, 0.4) is 0 Å². The van der Waals surface area contributed by atoms with Gasteiger partial charge in [-0.1, -0.05) is 12.1 Å². The lowest BCUT2D eigenvalue weighted by molar-refractivity contribution is 0.0992. The normalized spacial score (nSPS) is 13.0. The highest BCUT2D eigenvalue weighted by molar-refractivity contribution is 7.89. The van der Waals surface area contributed by atoms with Gasteiger partial charge >= 0.3 is 0 Å². The van der Waals surface area contributed by atoms with Gasteiger partial charge < -0.3 is 10.3 Å². The molecule has 0 radical (unpaired) electrons. The number of amides is 1. The van der Waals surface area contributed by atoms with Gasteiger partial charge in [-0.2, -0.15) is 0 Å². The third-order valence-electron chi connectivity index (χ3n) is 3.24. The second kappa shape index (κ2) is 5.90. The second-order valence-corrected chi connectivity index (χ2v) is 6.64. The molecule has 1 heterocycles. The lowest BCUT2D eigenvalue weighted by Gasteiger charge is -2.13. The summed E-state index contributed by atoms with van der Waals surface area (Å²) in [6.45, 7) is 1.64. The fourth-order valence-corrected chi connectivity index (χ4v) is 3.35. The molecule has 0 saturated carbocycles. The Labute approximate surface area is 127 Å². The van der Waals surface area contributed by atoms with E-state index in [-0.39, 0.29) is 10.6 Å². The van der Waals surface area contributed by atoms with Crippen LogP contribution in [0.25, 0.3) is 0 Å². The molecule has 0 saturated heterocycles. The van der Waals surface area contributed by atoms with E-state index >= 15 is 0 Å². The molecule has 6 nitrogen and oxygen atoms in total. The zero-order valence-corrected chi connectivity index (χ0v) is 12.9. The average Bonchev–Trinajstić information content (AvgIpc) is 2.82. The predicted molar refractivity (Wildman–Crippen MR) is 79.1 cm³/mol. The van der Waals surface area contributed by atoms with Gasteiger partial charge in [0, 0.05) is 19.3 Å². The monoisotopic (exact) mass is 325 g/mol. The SMILES string of the molecule is CC(NS(=O)(=O)c1cc(C(N)=O)n(C)c1)c1ccc(F)cc1. The first-order chi connectivity index (χ1) is 10.2. The number of halogens is 1. The van der Waals surface area contributed by atoms with Crippen molar-refractivity contribution >= 4 is 15.9 Å². The van der Waals surface area contributed by atoms with Gasteiger partial charge in [-0.25, -0.2) is 17.5 Å². The van der Waals surface area contributed by atoms with Crippen LogP contribution < -0.4 is 10.5 Å². The van der Waals surface area contributed by atoms with Gasteiger partial charge in [0.05, 0.1) is 0 Å². The molecule has 1 amide bonds. The summed E-state index contributed by atoms with van der Waals surface area (Å²) in [5.41, 5.74) is 5.88. The second-order valence-electron chi connectivity index (χ2n) is 4.93. The molecule has 0 aliphatic rings. The number of rotatable bonds is 5. The average molecular weight is 325 g/mol. The van der Waals surface area contributed by atoms with Crippen LogP contribution in [0.2, 0.25) is 0 Å². The summed E-state index contributed by atoms with van der Waals surface area (Å²) in [6, 6.07) is 6.18. The summed E-state index contributed by atoms with van der Waals surface area (Å²) in [6.07, 6.45) is 1.31. The molecule has 22 heavy (non-hydrogen) atoms. The molecule has 2 aromatic rings. The lowest BCUT2D eigenvalue weighted by Crippen LogP contribution is -2.26. The van der Waals surface area contributed by atoms with Crippen LogP contribution in [0, 0.1) is 5.82 Å². The third-order valence-corrected chi connectivity index (χ3v) is 4.75. The van der Waals surface area contributed by atoms with Gasteiger partial charge in [-0.05, 0) is 30.7 Å². The summed E-state index contributed by atoms with van der Waals surface area (Å²) < 4.78 is 41.4. The molecule has 2 rings (SSSR count). The van der Waals surface area contributed by atoms with Crippen molar-refractivity contribution in [2.75, 3.05) is 0 Å². The highest BCUT2D eigenvalue weighted by Gasteiger charge is 2.22. The first-order valence-corrected chi connectivity index (χ1v) is 7.93. The number of aryl methyl sites for hydroxylation is 1. The molecule has 0 aliphatic heterocycles. The van der Waals surface area contributed by atoms with Crippen LogP contribution in [0.5, 0.6) is 0 Å². The molecule has 0 spiro atoms. The zero-order valence-electron chi connectivity index (χ0n) is 12.1. The number of carbonyl (C=O) groups excluding carboxylic acids is 1. The van der Waals surface area contributed by atoms with Crippen molar-refractivity contribution < 1.29 is 17.6 Å². The number of primary amides is 1. The molecular formula is C14H16FN3O3S. The van der Waals surface area contributed by atoms with Gasteiger partial charge in [0.15, 0.2) is 0 Å². The largest absolute Gasteiger partial charge is 0.364 e. The van der Waals surface area contributed by atoms with Crippen LogP contribution in [-0.2, 0) is 17.1 Å². The Kier molecular flexibility index (Phi) is 4.34. The number of benzene rings is 1. The number of nitrogens with one attached hydrogen (secondary N) is 1. The highest BCUT2D eigenvalue weighted by atomic mass is 32.2. The first kappa shape index (κ1) is 16.2. The van der Waals surface area contributed by atoms with E-state index in [2.05, 4.69) is 4.72 Å². The zero-order chi connectivity index (χ0) is 16.5. The van der Waals surface area contributed by atoms with Crippen molar-refractivity contribution in [2.24, 2.45) is 12.8 Å². The molecule has 0 aliphatic carbocycles. The molecule has 118 valence electrons. The fourth-order valence-electron chi connectivity index (χ4n) is 2.05. The van der Waals surface area contributed by atoms with Crippen molar-refractivity contribution in [1.82, 2.24) is 9.29 Å². The van der Waals surface area contributed by atoms with E-state index in [0.717, 1.165) is 0 Å². The third kappa shape index (κ3) is 3.34. The number of sulfonamides is 1. The molecule has 1 unspecified atom stereocenters. The molecular weight excluding hydrogens is 309 g/mol. The standard InChI is InChI=1S/C14H16FN3O3S/c1-9(10-3-5-11(15)6-4-10)17-22(20,21)12-7-13(14(16)19)18(2)8-12/h3-9,17H,1-2H3,(H2,16,19). The molecule has 1 aromatic carbocycles. The van der Waals surface area contributed by atoms with Crippen molar-refractivity contribution in [3.05, 3.63) is 53.6 Å². The number of nitrogens with two attached hydrogens (primary N) is 1. The minimum absolute atomic E-state index is 0.0576. The van der Waals surface area contributed by atoms with E-state index in [1.807, 2.05) is 0 Å². The van der Waals surface area contributed by atoms with E-state index in [9.17, 15) is 17.6 Å². The topological polar surface area (TPSA) is 94.2 Å². The van der Waals surface area contributed by atoms with Crippen LogP contribution in [0.4, 0.5) is 4.39 Å². The summed E-state index contributed by atoms with van der Waals surface area (Å²) in [4.78, 5) is 11.1. The van der Waals surface area contributed by atoms with E-state index < -0.39 is 27.8 Å². The molecule has 3 N–H and O–H groups in total. The number of hydrogen-bond donors (Lipinski definition) is 2. The van der Waals surface area contributed by atoms with Crippen LogP contribution >= 0.6 is 0 Å². The molecule has 0 fully saturated rings. The highest BCUT2D eigenvalue weighted by Crippen LogP contribution is 2.19. The minimum Gasteiger partial charge on any atom is -0.364 e. The fraction of sp³-hybridized carbons (Fsp3) is 0.214. The minimum atomic E-state index is -3.83. The summed E-state index contributed by atoms with van der Waals surface area (Å²) in [5, 5.41) is 0. The van der Waals surface area contributed by atoms with Gasteiger partial charge in [0.1, 0.15) is 16.4 Å². The van der Waals surface area contributed by atoms with Crippen molar-refractivity contribution in [3.8, 4) is 0 Å². The van der Waals surface area contributed by atoms with Crippen LogP contribution in [0.15, 0.2) is 41.4 Å². The lowest BCUT2D eigenvalue weighted by atomic mass is 10.1. The van der Waals surface area contributed by atoms with Crippen molar-refractivity contribution in [2.45, 2.75) is 17.9 Å². The molecule has 0 bridgehead atoms. The molecule has 8 heteroatoms. The van der Waals surface area contributed by atoms with E-state index in [0.29, 0.717) is 5.56 Å².